The minimum Gasteiger partial charge on any atom is -0.447 e. The lowest BCUT2D eigenvalue weighted by molar-refractivity contribution is -0.154. The van der Waals surface area contributed by atoms with E-state index in [0.29, 0.717) is 12.3 Å². The number of carbonyl (C=O) groups excluding carboxylic acids is 2. The molecule has 26 heavy (non-hydrogen) atoms. The molecule has 0 aromatic heterocycles. The first-order valence-electron chi connectivity index (χ1n) is 9.49. The van der Waals surface area contributed by atoms with Gasteiger partial charge in [-0.05, 0) is 42.6 Å². The summed E-state index contributed by atoms with van der Waals surface area (Å²) in [6.45, 7) is 4.58. The van der Waals surface area contributed by atoms with Crippen molar-refractivity contribution < 1.29 is 19.1 Å². The summed E-state index contributed by atoms with van der Waals surface area (Å²) in [4.78, 5) is 27.7. The summed E-state index contributed by atoms with van der Waals surface area (Å²) in [5, 5.41) is 0. The van der Waals surface area contributed by atoms with Crippen LogP contribution < -0.4 is 0 Å². The molecule has 1 aromatic rings. The maximum absolute atomic E-state index is 13.8. The number of imide groups is 1. The quantitative estimate of drug-likeness (QED) is 0.828. The number of amides is 2. The Morgan fingerprint density at radius 3 is 2.69 bits per heavy atom. The molecule has 5 nitrogen and oxygen atoms in total. The van der Waals surface area contributed by atoms with Crippen LogP contribution in [0.3, 0.4) is 0 Å². The van der Waals surface area contributed by atoms with Gasteiger partial charge in [0.25, 0.3) is 0 Å². The van der Waals surface area contributed by atoms with E-state index in [4.69, 9.17) is 9.47 Å². The topological polar surface area (TPSA) is 55.8 Å². The summed E-state index contributed by atoms with van der Waals surface area (Å²) in [6, 6.07) is 9.70. The predicted molar refractivity (Wildman–Crippen MR) is 96.5 cm³/mol. The van der Waals surface area contributed by atoms with E-state index in [1.54, 1.807) is 7.11 Å². The van der Waals surface area contributed by atoms with Crippen molar-refractivity contribution in [2.45, 2.75) is 51.7 Å². The molecule has 1 saturated heterocycles. The van der Waals surface area contributed by atoms with Crippen molar-refractivity contribution in [3.8, 4) is 0 Å². The standard InChI is InChI=1S/C21H27NO4/c1-20(2)15-9-10-21(20,17(12-15)25-3)18(23)22-16(13-26-19(22)24)11-14-7-5-4-6-8-14/h4-8,15-17H,9-13H2,1-3H3/t15-,16-,17-,21+/m1/s1. The average molecular weight is 357 g/mol. The molecule has 4 rings (SSSR count). The number of methoxy groups -OCH3 is 1. The highest BCUT2D eigenvalue weighted by Crippen LogP contribution is 2.67. The Morgan fingerprint density at radius 1 is 1.31 bits per heavy atom. The number of cyclic esters (lactones) is 1. The number of hydrogen-bond acceptors (Lipinski definition) is 4. The van der Waals surface area contributed by atoms with Gasteiger partial charge in [0.05, 0.1) is 17.6 Å². The second-order valence-corrected chi connectivity index (χ2v) is 8.48. The lowest BCUT2D eigenvalue weighted by Gasteiger charge is -2.42. The first kappa shape index (κ1) is 17.5. The van der Waals surface area contributed by atoms with E-state index >= 15 is 0 Å². The third-order valence-corrected chi connectivity index (χ3v) is 7.27. The van der Waals surface area contributed by atoms with Crippen molar-refractivity contribution in [2.24, 2.45) is 16.7 Å². The van der Waals surface area contributed by atoms with Gasteiger partial charge in [-0.2, -0.15) is 0 Å². The van der Waals surface area contributed by atoms with Crippen LogP contribution in [0.2, 0.25) is 0 Å². The van der Waals surface area contributed by atoms with Crippen LogP contribution in [0, 0.1) is 16.7 Å². The predicted octanol–water partition coefficient (Wildman–Crippen LogP) is 3.42. The first-order valence-corrected chi connectivity index (χ1v) is 9.49. The number of benzene rings is 1. The van der Waals surface area contributed by atoms with Gasteiger partial charge in [-0.15, -0.1) is 0 Å². The summed E-state index contributed by atoms with van der Waals surface area (Å²) in [5.41, 5.74) is 0.291. The smallest absolute Gasteiger partial charge is 0.417 e. The fraction of sp³-hybridized carbons (Fsp3) is 0.619. The maximum atomic E-state index is 13.8. The molecule has 0 N–H and O–H groups in total. The van der Waals surface area contributed by atoms with Crippen LogP contribution in [0.1, 0.15) is 38.7 Å². The van der Waals surface area contributed by atoms with E-state index in [0.717, 1.165) is 24.8 Å². The van der Waals surface area contributed by atoms with Gasteiger partial charge in [0, 0.05) is 7.11 Å². The number of hydrogen-bond donors (Lipinski definition) is 0. The molecule has 0 unspecified atom stereocenters. The Bertz CT molecular complexity index is 716. The lowest BCUT2D eigenvalue weighted by atomic mass is 9.67. The van der Waals surface area contributed by atoms with Crippen molar-refractivity contribution in [2.75, 3.05) is 13.7 Å². The van der Waals surface area contributed by atoms with Crippen molar-refractivity contribution >= 4 is 12.0 Å². The van der Waals surface area contributed by atoms with Crippen LogP contribution in [0.25, 0.3) is 0 Å². The van der Waals surface area contributed by atoms with Gasteiger partial charge >= 0.3 is 6.09 Å². The molecule has 5 heteroatoms. The number of rotatable bonds is 4. The minimum absolute atomic E-state index is 0.0993. The summed E-state index contributed by atoms with van der Waals surface area (Å²) in [6.07, 6.45) is 2.67. The molecule has 4 atom stereocenters. The SMILES string of the molecule is CO[C@@H]1C[C@H]2CC[C@]1(C(=O)N1C(=O)OC[C@H]1Cc1ccccc1)C2(C)C. The summed E-state index contributed by atoms with van der Waals surface area (Å²) >= 11 is 0. The molecular weight excluding hydrogens is 330 g/mol. The fourth-order valence-corrected chi connectivity index (χ4v) is 5.68. The van der Waals surface area contributed by atoms with Gasteiger partial charge in [0.1, 0.15) is 6.61 Å². The molecule has 1 aromatic carbocycles. The summed E-state index contributed by atoms with van der Waals surface area (Å²) in [7, 11) is 1.68. The highest BCUT2D eigenvalue weighted by Gasteiger charge is 2.70. The molecule has 0 radical (unpaired) electrons. The highest BCUT2D eigenvalue weighted by atomic mass is 16.6. The zero-order valence-electron chi connectivity index (χ0n) is 15.7. The third kappa shape index (κ3) is 2.26. The Labute approximate surface area is 154 Å². The van der Waals surface area contributed by atoms with E-state index < -0.39 is 11.5 Å². The zero-order chi connectivity index (χ0) is 18.5. The zero-order valence-corrected chi connectivity index (χ0v) is 15.7. The number of ether oxygens (including phenoxy) is 2. The molecule has 3 fully saturated rings. The molecule has 2 amide bonds. The maximum Gasteiger partial charge on any atom is 0.417 e. The van der Waals surface area contributed by atoms with Gasteiger partial charge in [0.2, 0.25) is 5.91 Å². The normalized spacial score (nSPS) is 35.0. The van der Waals surface area contributed by atoms with Gasteiger partial charge in [0.15, 0.2) is 0 Å². The number of fused-ring (bicyclic) bond motifs is 2. The average Bonchev–Trinajstić information content (AvgIpc) is 3.20. The molecule has 3 aliphatic rings. The third-order valence-electron chi connectivity index (χ3n) is 7.27. The first-order chi connectivity index (χ1) is 12.4. The fourth-order valence-electron chi connectivity index (χ4n) is 5.68. The van der Waals surface area contributed by atoms with Gasteiger partial charge in [-0.25, -0.2) is 9.69 Å². The van der Waals surface area contributed by atoms with Crippen LogP contribution in [0.5, 0.6) is 0 Å². The number of nitrogens with zero attached hydrogens (tertiary/aromatic N) is 1. The largest absolute Gasteiger partial charge is 0.447 e. The molecule has 2 saturated carbocycles. The van der Waals surface area contributed by atoms with Crippen molar-refractivity contribution in [1.29, 1.82) is 0 Å². The van der Waals surface area contributed by atoms with Crippen molar-refractivity contribution in [1.82, 2.24) is 4.90 Å². The Balaban J connectivity index is 1.66. The molecule has 1 heterocycles. The minimum atomic E-state index is -0.634. The van der Waals surface area contributed by atoms with E-state index in [1.165, 1.54) is 4.90 Å². The Kier molecular flexibility index (Phi) is 4.10. The van der Waals surface area contributed by atoms with Crippen LogP contribution >= 0.6 is 0 Å². The van der Waals surface area contributed by atoms with Crippen molar-refractivity contribution in [3.05, 3.63) is 35.9 Å². The van der Waals surface area contributed by atoms with Gasteiger partial charge < -0.3 is 9.47 Å². The molecule has 2 aliphatic carbocycles. The second-order valence-electron chi connectivity index (χ2n) is 8.48. The molecule has 2 bridgehead atoms. The van der Waals surface area contributed by atoms with E-state index in [1.807, 2.05) is 30.3 Å². The van der Waals surface area contributed by atoms with E-state index in [-0.39, 0.29) is 30.1 Å². The summed E-state index contributed by atoms with van der Waals surface area (Å²) < 4.78 is 11.1. The van der Waals surface area contributed by atoms with E-state index in [2.05, 4.69) is 13.8 Å². The lowest BCUT2D eigenvalue weighted by Crippen LogP contribution is -2.56. The number of carbonyl (C=O) groups is 2. The van der Waals surface area contributed by atoms with Gasteiger partial charge in [-0.1, -0.05) is 44.2 Å². The van der Waals surface area contributed by atoms with Gasteiger partial charge in [-0.3, -0.25) is 4.79 Å². The van der Waals surface area contributed by atoms with Crippen molar-refractivity contribution in [3.63, 3.8) is 0 Å². The molecule has 1 aliphatic heterocycles. The van der Waals surface area contributed by atoms with E-state index in [9.17, 15) is 9.59 Å². The molecular formula is C21H27NO4. The Hall–Kier alpha value is -1.88. The van der Waals surface area contributed by atoms with Crippen LogP contribution in [-0.4, -0.2) is 42.8 Å². The van der Waals surface area contributed by atoms with Crippen LogP contribution in [0.4, 0.5) is 4.79 Å². The molecule has 140 valence electrons. The van der Waals surface area contributed by atoms with Crippen LogP contribution in [-0.2, 0) is 20.7 Å². The monoisotopic (exact) mass is 357 g/mol. The summed E-state index contributed by atoms with van der Waals surface area (Å²) in [5.74, 6) is 0.361. The van der Waals surface area contributed by atoms with Crippen LogP contribution in [0.15, 0.2) is 30.3 Å². The second kappa shape index (κ2) is 6.08. The Morgan fingerprint density at radius 2 is 2.04 bits per heavy atom. The molecule has 0 spiro atoms. The highest BCUT2D eigenvalue weighted by molar-refractivity contribution is 5.98.